The predicted octanol–water partition coefficient (Wildman–Crippen LogP) is 2.75. The number of phenolic OH excluding ortho intramolecular Hbond substituents is 2. The highest BCUT2D eigenvalue weighted by Crippen LogP contribution is 2.30. The molecule has 9 rings (SSSR count). The number of hydrogen-bond donors (Lipinski definition) is 21. The molecule has 0 aliphatic carbocycles. The smallest absolute Gasteiger partial charge is 0.326 e. The monoisotopic (exact) mass is 2160 g/mol. The van der Waals surface area contributed by atoms with Gasteiger partial charge in [-0.05, 0) is 187 Å². The zero-order valence-corrected chi connectivity index (χ0v) is 82.9. The van der Waals surface area contributed by atoms with E-state index in [4.69, 9.17) is 22.6 Å². The van der Waals surface area contributed by atoms with Gasteiger partial charge < -0.3 is 116 Å². The number of carboxylic acids is 1. The van der Waals surface area contributed by atoms with Crippen LogP contribution >= 0.6 is 45.2 Å². The van der Waals surface area contributed by atoms with Crippen LogP contribution in [0.2, 0.25) is 0 Å². The molecule has 752 valence electrons. The number of nitrogens with two attached hydrogens (primary N) is 3. The van der Waals surface area contributed by atoms with E-state index < -0.39 is 199 Å². The van der Waals surface area contributed by atoms with E-state index in [0.29, 0.717) is 54.4 Å². The fourth-order valence-electron chi connectivity index (χ4n) is 16.6. The summed E-state index contributed by atoms with van der Waals surface area (Å²) in [6.07, 6.45) is 3.68. The van der Waals surface area contributed by atoms with Crippen LogP contribution in [0.5, 0.6) is 11.5 Å². The lowest BCUT2D eigenvalue weighted by Gasteiger charge is -2.31. The highest BCUT2D eigenvalue weighted by atomic mass is 127. The molecule has 15 amide bonds. The number of unbranched alkanes of at least 4 members (excludes halogenated alkanes) is 1. The molecule has 2 aliphatic rings. The lowest BCUT2D eigenvalue weighted by Crippen LogP contribution is -2.61. The number of aromatic amines is 2. The number of H-pyrrole nitrogens is 2. The van der Waals surface area contributed by atoms with Crippen LogP contribution in [0, 0.1) is 24.4 Å². The number of amides is 15. The van der Waals surface area contributed by atoms with Crippen LogP contribution in [0.1, 0.15) is 181 Å². The van der Waals surface area contributed by atoms with Gasteiger partial charge in [0.05, 0.1) is 20.0 Å². The van der Waals surface area contributed by atoms with Crippen LogP contribution < -0.4 is 81.0 Å². The van der Waals surface area contributed by atoms with Gasteiger partial charge >= 0.3 is 5.97 Å². The van der Waals surface area contributed by atoms with Crippen LogP contribution in [-0.4, -0.2) is 245 Å². The first kappa shape index (κ1) is 110. The third kappa shape index (κ3) is 33.9. The number of para-hydroxylation sites is 1. The first-order valence-corrected chi connectivity index (χ1v) is 48.8. The van der Waals surface area contributed by atoms with Crippen molar-refractivity contribution in [2.75, 3.05) is 26.2 Å². The van der Waals surface area contributed by atoms with E-state index >= 15 is 33.6 Å². The molecule has 0 spiro atoms. The number of carbonyl (C=O) groups excluding carboxylic acids is 16. The molecule has 0 radical (unpaired) electrons. The summed E-state index contributed by atoms with van der Waals surface area (Å²) in [5.41, 5.74) is 20.9. The molecule has 0 unspecified atom stereocenters. The molecular formula is C97H125I2N21O20. The van der Waals surface area contributed by atoms with Crippen molar-refractivity contribution < 1.29 is 96.8 Å². The van der Waals surface area contributed by atoms with E-state index in [0.717, 1.165) is 16.5 Å². The number of nitrogens with one attached hydrogen (secondary N) is 15. The predicted molar refractivity (Wildman–Crippen MR) is 532 cm³/mol. The maximum absolute atomic E-state index is 15.4. The van der Waals surface area contributed by atoms with Gasteiger partial charge in [-0.2, -0.15) is 0 Å². The number of primary amides is 2. The Balaban J connectivity index is 0.902. The molecule has 5 aromatic carbocycles. The second-order valence-corrected chi connectivity index (χ2v) is 38.1. The number of hydrogen-bond acceptors (Lipinski definition) is 21. The average Bonchev–Trinajstić information content (AvgIpc) is 1.64. The van der Waals surface area contributed by atoms with Gasteiger partial charge in [-0.15, -0.1) is 0 Å². The maximum Gasteiger partial charge on any atom is 0.326 e. The second-order valence-electron chi connectivity index (χ2n) is 35.8. The first-order valence-electron chi connectivity index (χ1n) is 46.7. The molecule has 2 fully saturated rings. The van der Waals surface area contributed by atoms with Crippen LogP contribution in [0.15, 0.2) is 134 Å². The van der Waals surface area contributed by atoms with Crippen LogP contribution in [0.3, 0.4) is 0 Å². The fraction of sp³-hybridized carbons (Fsp3) is 0.454. The van der Waals surface area contributed by atoms with Crippen molar-refractivity contribution in [3.8, 4) is 11.5 Å². The van der Waals surface area contributed by atoms with E-state index in [1.807, 2.05) is 76.4 Å². The van der Waals surface area contributed by atoms with Crippen LogP contribution in [0.4, 0.5) is 0 Å². The van der Waals surface area contributed by atoms with E-state index in [1.165, 1.54) is 46.6 Å². The van der Waals surface area contributed by atoms with Crippen molar-refractivity contribution in [2.45, 2.75) is 242 Å². The topological polar surface area (TPSA) is 648 Å². The number of aliphatic carboxylic acids is 1. The van der Waals surface area contributed by atoms with Gasteiger partial charge in [-0.1, -0.05) is 132 Å². The van der Waals surface area contributed by atoms with Gasteiger partial charge in [-0.25, -0.2) is 9.78 Å². The Labute approximate surface area is 836 Å². The molecule has 2 aliphatic heterocycles. The summed E-state index contributed by atoms with van der Waals surface area (Å²) in [6.45, 7) is 7.99. The molecular weight excluding hydrogens is 2030 g/mol. The number of halogens is 2. The molecule has 0 saturated carbocycles. The van der Waals surface area contributed by atoms with Gasteiger partial charge in [-0.3, -0.25) is 82.1 Å². The number of likely N-dealkylation sites (tertiary alicyclic amines) is 2. The summed E-state index contributed by atoms with van der Waals surface area (Å²) in [4.78, 5) is 255. The molecule has 4 heterocycles. The van der Waals surface area contributed by atoms with Crippen molar-refractivity contribution in [3.63, 3.8) is 0 Å². The normalized spacial score (nSPS) is 15.6. The number of nitrogens with zero attached hydrogens (tertiary/aromatic N) is 3. The van der Waals surface area contributed by atoms with Gasteiger partial charge in [0.2, 0.25) is 88.6 Å². The van der Waals surface area contributed by atoms with Crippen molar-refractivity contribution in [3.05, 3.63) is 180 Å². The third-order valence-corrected chi connectivity index (χ3v) is 25.5. The number of aryl methyl sites for hydroxylation is 1. The Morgan fingerprint density at radius 3 is 1.50 bits per heavy atom. The lowest BCUT2D eigenvalue weighted by atomic mass is 9.98. The number of guanidine groups is 1. The molecule has 2 aromatic heterocycles. The van der Waals surface area contributed by atoms with Crippen molar-refractivity contribution >= 4 is 162 Å². The van der Waals surface area contributed by atoms with E-state index in [2.05, 4.69) is 78.8 Å². The number of fused-ring (bicyclic) bond motifs is 1. The van der Waals surface area contributed by atoms with Gasteiger partial charge in [0.25, 0.3) is 0 Å². The molecule has 2 saturated heterocycles. The number of carboxylic acid groups (broad SMARTS) is 1. The van der Waals surface area contributed by atoms with E-state index in [9.17, 15) is 63.3 Å². The quantitative estimate of drug-likeness (QED) is 0.00857. The molecule has 0 bridgehead atoms. The number of rotatable bonds is 54. The first-order chi connectivity index (χ1) is 66.7. The summed E-state index contributed by atoms with van der Waals surface area (Å²) in [5, 5.41) is 71.1. The molecule has 24 N–H and O–H groups in total. The van der Waals surface area contributed by atoms with Crippen LogP contribution in [-0.2, 0) is 109 Å². The number of carbonyl (C=O) groups is 17. The fourth-order valence-corrected chi connectivity index (χ4v) is 18.5. The zero-order chi connectivity index (χ0) is 102. The minimum absolute atomic E-state index is 0.00192. The third-order valence-electron chi connectivity index (χ3n) is 23.9. The van der Waals surface area contributed by atoms with E-state index in [1.54, 1.807) is 101 Å². The number of aromatic hydroxyl groups is 2. The Bertz CT molecular complexity index is 5530. The van der Waals surface area contributed by atoms with Crippen molar-refractivity contribution in [2.24, 2.45) is 29.0 Å². The highest BCUT2D eigenvalue weighted by Gasteiger charge is 2.43. The number of benzene rings is 5. The Kier molecular flexibility index (Phi) is 42.5. The molecule has 12 atom stereocenters. The van der Waals surface area contributed by atoms with E-state index in [-0.39, 0.29) is 151 Å². The summed E-state index contributed by atoms with van der Waals surface area (Å²) in [5.74, 6) is -15.5. The highest BCUT2D eigenvalue weighted by molar-refractivity contribution is 14.1. The molecule has 140 heavy (non-hydrogen) atoms. The minimum Gasteiger partial charge on any atom is -0.508 e. The van der Waals surface area contributed by atoms with Crippen molar-refractivity contribution in [1.29, 1.82) is 5.41 Å². The standard InChI is InChI=1S/C97H125I2N21O20/c1-6-7-19-67(85(128)118-76(96(139)140)46-56-26-31-62(121)32-27-56)112-93(136)78-23-15-40-120(78)95(138)70(34-36-80(101)123)109-82(125)51-107-92(135)77-22-14-39-119(77)94(137)69(21-13-38-105-97(102)103)113-88(131)72(42-54(4)5)114-86(129)68(33-35-79(100)122)111-87(130)71(41-53(2)3)115-89(132)73(45-55-24-29-59(30-25-55)83(126)58-16-9-8-10-17-58)116-91(134)75(48-61-50-104-52-108-61)117-90(133)74(47-60-49-106-66-20-12-11-18-63(60)66)110-81(124)37-28-57-43-64(98)84(127)65(99)44-57/h8-12,16-18,20,24-27,29-32,43-44,49-50,52-54,67-78,106,121,127H,6-7,13-15,19,21-23,28,33-42,45-48,51H2,1-5H3,(H2,100,122)(H2,101,123)(H,104,108)(H,107,135)(H,109,125)(H,110,124)(H,111,130)(H,112,136)(H,113,131)(H,114,129)(H,115,132)(H,116,134)(H,117,133)(H,118,128)(H,139,140)(H4,102,103,105)/t67-,68-,69-,70-,71-,72-,73-,74-,75-,76-,77-,78-/m0/s1. The summed E-state index contributed by atoms with van der Waals surface area (Å²) < 4.78 is 1.16. The number of phenols is 2. The minimum atomic E-state index is -1.68. The van der Waals surface area contributed by atoms with Gasteiger partial charge in [0.1, 0.15) is 84.0 Å². The second kappa shape index (κ2) is 54.1. The SMILES string of the molecule is CCCC[C@H](NC(=O)[C@@H]1CCCN1C(=O)[C@H](CCC(N)=O)NC(=O)CNC(=O)[C@@H]1CCCN1C(=O)[C@H](CCCNC(=N)N)NC(=O)[C@H](CC(C)C)NC(=O)[C@H](CCC(N)=O)NC(=O)[C@H](CC(C)C)NC(=O)[C@H](Cc1ccc(C(=O)c2ccccc2)cc1)NC(=O)[C@H](Cc1cnc[nH]1)NC(=O)[C@H](Cc1c[nH]c2ccccc12)NC(=O)CCc1cc(I)c(O)c(I)c1)C(=O)N[C@@H](Cc1ccc(O)cc1)C(=O)O. The Morgan fingerprint density at radius 2 is 0.950 bits per heavy atom. The maximum atomic E-state index is 15.4. The Morgan fingerprint density at radius 1 is 0.486 bits per heavy atom. The summed E-state index contributed by atoms with van der Waals surface area (Å²) in [7, 11) is 0. The average molecular weight is 2160 g/mol. The molecule has 43 heteroatoms. The number of imidazole rings is 1. The van der Waals surface area contributed by atoms with Gasteiger partial charge in [0, 0.05) is 105 Å². The van der Waals surface area contributed by atoms with Gasteiger partial charge in [0.15, 0.2) is 11.7 Å². The zero-order valence-electron chi connectivity index (χ0n) is 78.6. The largest absolute Gasteiger partial charge is 0.508 e. The summed E-state index contributed by atoms with van der Waals surface area (Å²) in [6, 6.07) is 14.1. The molecule has 41 nitrogen and oxygen atoms in total. The van der Waals surface area contributed by atoms with Crippen LogP contribution in [0.25, 0.3) is 10.9 Å². The number of aromatic nitrogens is 3. The molecule has 7 aromatic rings. The van der Waals surface area contributed by atoms with Crippen molar-refractivity contribution in [1.82, 2.24) is 88.6 Å². The lowest BCUT2D eigenvalue weighted by molar-refractivity contribution is -0.144. The number of ketones is 1. The summed E-state index contributed by atoms with van der Waals surface area (Å²) >= 11 is 3.99. The Hall–Kier alpha value is -13.6.